The highest BCUT2D eigenvalue weighted by Crippen LogP contribution is 2.55. The van der Waals surface area contributed by atoms with Crippen LogP contribution in [0.15, 0.2) is 24.7 Å². The second-order valence-electron chi connectivity index (χ2n) is 5.11. The van der Waals surface area contributed by atoms with E-state index in [2.05, 4.69) is 16.0 Å². The van der Waals surface area contributed by atoms with Crippen LogP contribution in [0.4, 0.5) is 30.7 Å². The molecule has 0 atom stereocenters. The number of hydrogen-bond donors (Lipinski definition) is 0. The summed E-state index contributed by atoms with van der Waals surface area (Å²) in [6.07, 6.45) is -9.18. The molecule has 129 valence electrons. The van der Waals surface area contributed by atoms with E-state index in [-0.39, 0.29) is 16.8 Å². The number of hydrogen-bond acceptors (Lipinski definition) is 2. The predicted octanol–water partition coefficient (Wildman–Crippen LogP) is 4.85. The summed E-state index contributed by atoms with van der Waals surface area (Å²) in [4.78, 5) is 7.30. The molecule has 0 N–H and O–H groups in total. The van der Waals surface area contributed by atoms with E-state index in [1.54, 1.807) is 0 Å². The van der Waals surface area contributed by atoms with Gasteiger partial charge in [-0.25, -0.2) is 4.39 Å². The van der Waals surface area contributed by atoms with Gasteiger partial charge >= 0.3 is 18.0 Å². The second-order valence-corrected chi connectivity index (χ2v) is 5.11. The highest BCUT2D eigenvalue weighted by molar-refractivity contribution is 5.69. The van der Waals surface area contributed by atoms with Crippen LogP contribution in [0.2, 0.25) is 0 Å². The van der Waals surface area contributed by atoms with Crippen LogP contribution >= 0.6 is 0 Å². The first-order valence-electron chi connectivity index (χ1n) is 6.52. The molecular formula is C15H10F7N2. The number of nitrogens with zero attached hydrogens (tertiary/aromatic N) is 2. The molecule has 2 aromatic rings. The molecule has 2 rings (SSSR count). The predicted molar refractivity (Wildman–Crippen MR) is 70.7 cm³/mol. The monoisotopic (exact) mass is 351 g/mol. The van der Waals surface area contributed by atoms with E-state index < -0.39 is 29.1 Å². The second kappa shape index (κ2) is 5.71. The minimum Gasteiger partial charge on any atom is -0.261 e. The maximum absolute atomic E-state index is 14.5. The molecule has 24 heavy (non-hydrogen) atoms. The smallest absolute Gasteiger partial charge is 0.261 e. The molecule has 2 nitrogen and oxygen atoms in total. The largest absolute Gasteiger partial charge is 0.435 e. The van der Waals surface area contributed by atoms with Crippen LogP contribution in [-0.4, -0.2) is 22.3 Å². The Kier molecular flexibility index (Phi) is 4.32. The Balaban J connectivity index is 2.92. The Morgan fingerprint density at radius 1 is 0.917 bits per heavy atom. The van der Waals surface area contributed by atoms with E-state index >= 15 is 0 Å². The van der Waals surface area contributed by atoms with Crippen molar-refractivity contribution >= 4 is 0 Å². The molecule has 1 heterocycles. The van der Waals surface area contributed by atoms with Gasteiger partial charge in [0.2, 0.25) is 0 Å². The Labute approximate surface area is 132 Å². The van der Waals surface area contributed by atoms with E-state index in [0.717, 1.165) is 12.4 Å². The molecule has 0 amide bonds. The summed E-state index contributed by atoms with van der Waals surface area (Å²) in [5.41, 5.74) is -8.22. The molecule has 9 heteroatoms. The molecule has 0 aliphatic rings. The zero-order chi connectivity index (χ0) is 18.3. The molecule has 0 fully saturated rings. The highest BCUT2D eigenvalue weighted by atomic mass is 19.4. The maximum Gasteiger partial charge on any atom is 0.435 e. The fourth-order valence-electron chi connectivity index (χ4n) is 2.38. The molecule has 0 saturated carbocycles. The fourth-order valence-corrected chi connectivity index (χ4v) is 2.38. The van der Waals surface area contributed by atoms with E-state index in [4.69, 9.17) is 0 Å². The SMILES string of the molecule is Cc1[c]c(C)c(-c2cnccn2)c(C(F)(C(F)(F)F)C(F)(F)F)c1. The highest BCUT2D eigenvalue weighted by Gasteiger charge is 2.74. The number of benzene rings is 1. The van der Waals surface area contributed by atoms with E-state index in [9.17, 15) is 30.7 Å². The Morgan fingerprint density at radius 2 is 1.50 bits per heavy atom. The van der Waals surface area contributed by atoms with E-state index in [0.29, 0.717) is 6.07 Å². The minimum absolute atomic E-state index is 0.0642. The summed E-state index contributed by atoms with van der Waals surface area (Å²) in [6.45, 7) is 2.46. The van der Waals surface area contributed by atoms with Crippen molar-refractivity contribution in [1.82, 2.24) is 9.97 Å². The lowest BCUT2D eigenvalue weighted by Gasteiger charge is -2.32. The molecule has 0 aliphatic carbocycles. The van der Waals surface area contributed by atoms with E-state index in [1.165, 1.54) is 20.0 Å². The van der Waals surface area contributed by atoms with Crippen molar-refractivity contribution in [1.29, 1.82) is 0 Å². The van der Waals surface area contributed by atoms with Crippen molar-refractivity contribution in [3.63, 3.8) is 0 Å². The van der Waals surface area contributed by atoms with Crippen molar-refractivity contribution < 1.29 is 30.7 Å². The third-order valence-corrected chi connectivity index (χ3v) is 3.36. The fraction of sp³-hybridized carbons (Fsp3) is 0.333. The van der Waals surface area contributed by atoms with Gasteiger partial charge in [0.1, 0.15) is 0 Å². The van der Waals surface area contributed by atoms with Crippen LogP contribution in [0.3, 0.4) is 0 Å². The lowest BCUT2D eigenvalue weighted by molar-refractivity contribution is -0.348. The van der Waals surface area contributed by atoms with E-state index in [1.807, 2.05) is 0 Å². The molecule has 0 aliphatic heterocycles. The summed E-state index contributed by atoms with van der Waals surface area (Å²) < 4.78 is 93.2. The summed E-state index contributed by atoms with van der Waals surface area (Å²) in [7, 11) is 0. The van der Waals surface area contributed by atoms with Crippen molar-refractivity contribution in [2.75, 3.05) is 0 Å². The average Bonchev–Trinajstić information content (AvgIpc) is 2.44. The van der Waals surface area contributed by atoms with Gasteiger partial charge in [-0.3, -0.25) is 9.97 Å². The van der Waals surface area contributed by atoms with Gasteiger partial charge in [0.05, 0.1) is 11.9 Å². The van der Waals surface area contributed by atoms with Crippen molar-refractivity contribution in [3.8, 4) is 11.3 Å². The molecule has 0 spiro atoms. The van der Waals surface area contributed by atoms with Gasteiger partial charge in [0, 0.05) is 23.5 Å². The number of aryl methyl sites for hydroxylation is 2. The van der Waals surface area contributed by atoms with Crippen LogP contribution in [0.1, 0.15) is 16.7 Å². The quantitative estimate of drug-likeness (QED) is 0.723. The number of alkyl halides is 7. The van der Waals surface area contributed by atoms with Crippen LogP contribution in [0.5, 0.6) is 0 Å². The molecule has 0 bridgehead atoms. The van der Waals surface area contributed by atoms with Crippen LogP contribution in [0, 0.1) is 19.9 Å². The van der Waals surface area contributed by atoms with Crippen LogP contribution < -0.4 is 0 Å². The molecule has 1 aromatic carbocycles. The number of rotatable bonds is 2. The van der Waals surface area contributed by atoms with Gasteiger partial charge in [0.15, 0.2) is 0 Å². The molecular weight excluding hydrogens is 341 g/mol. The average molecular weight is 351 g/mol. The van der Waals surface area contributed by atoms with Crippen molar-refractivity contribution in [3.05, 3.63) is 47.4 Å². The lowest BCUT2D eigenvalue weighted by atomic mass is 9.85. The van der Waals surface area contributed by atoms with Gasteiger partial charge in [0.25, 0.3) is 0 Å². The summed E-state index contributed by atoms with van der Waals surface area (Å²) in [6, 6.07) is 3.07. The topological polar surface area (TPSA) is 25.8 Å². The van der Waals surface area contributed by atoms with Crippen LogP contribution in [-0.2, 0) is 5.67 Å². The van der Waals surface area contributed by atoms with Gasteiger partial charge in [-0.1, -0.05) is 6.07 Å². The van der Waals surface area contributed by atoms with Gasteiger partial charge in [-0.2, -0.15) is 26.3 Å². The number of aromatic nitrogens is 2. The molecule has 0 saturated heterocycles. The van der Waals surface area contributed by atoms with Gasteiger partial charge < -0.3 is 0 Å². The third-order valence-electron chi connectivity index (χ3n) is 3.36. The first-order valence-corrected chi connectivity index (χ1v) is 6.52. The normalized spacial score (nSPS) is 13.2. The maximum atomic E-state index is 14.5. The standard InChI is InChI=1S/C15H10F7N2/c1-8-5-9(2)12(11-7-23-3-4-24-11)10(6-8)13(16,14(17,18)19)15(20,21)22/h3-4,6-7H,1-2H3. The summed E-state index contributed by atoms with van der Waals surface area (Å²) in [5.74, 6) is 0. The van der Waals surface area contributed by atoms with Crippen molar-refractivity contribution in [2.45, 2.75) is 31.9 Å². The minimum atomic E-state index is -6.21. The molecule has 1 aromatic heterocycles. The lowest BCUT2D eigenvalue weighted by Crippen LogP contribution is -2.50. The number of halogens is 7. The summed E-state index contributed by atoms with van der Waals surface area (Å²) in [5, 5.41) is 0. The first-order chi connectivity index (χ1) is 10.9. The van der Waals surface area contributed by atoms with Gasteiger partial charge in [-0.15, -0.1) is 0 Å². The molecule has 0 unspecified atom stereocenters. The first kappa shape index (κ1) is 18.2. The van der Waals surface area contributed by atoms with Gasteiger partial charge in [-0.05, 0) is 31.0 Å². The Bertz CT molecular complexity index is 722. The Morgan fingerprint density at radius 3 is 1.96 bits per heavy atom. The zero-order valence-corrected chi connectivity index (χ0v) is 12.3. The third kappa shape index (κ3) is 2.83. The summed E-state index contributed by atoms with van der Waals surface area (Å²) >= 11 is 0. The zero-order valence-electron chi connectivity index (χ0n) is 12.3. The molecule has 1 radical (unpaired) electrons. The van der Waals surface area contributed by atoms with Crippen LogP contribution in [0.25, 0.3) is 11.3 Å². The van der Waals surface area contributed by atoms with Crippen molar-refractivity contribution in [2.24, 2.45) is 0 Å². The Hall–Kier alpha value is -2.19.